The second-order valence-electron chi connectivity index (χ2n) is 5.29. The van der Waals surface area contributed by atoms with Crippen LogP contribution in [-0.4, -0.2) is 43.6 Å². The Hall–Kier alpha value is -1.69. The molecule has 0 aliphatic rings. The van der Waals surface area contributed by atoms with Gasteiger partial charge in [-0.1, -0.05) is 19.1 Å². The molecule has 0 aliphatic carbocycles. The average molecular weight is 314 g/mol. The van der Waals surface area contributed by atoms with E-state index in [-0.39, 0.29) is 11.7 Å². The van der Waals surface area contributed by atoms with Gasteiger partial charge >= 0.3 is 6.61 Å². The Morgan fingerprint density at radius 1 is 1.32 bits per heavy atom. The highest BCUT2D eigenvalue weighted by atomic mass is 19.3. The quantitative estimate of drug-likeness (QED) is 0.762. The maximum absolute atomic E-state index is 12.0. The van der Waals surface area contributed by atoms with Crippen molar-refractivity contribution in [1.29, 1.82) is 0 Å². The molecule has 1 atom stereocenters. The van der Waals surface area contributed by atoms with E-state index in [1.807, 2.05) is 11.9 Å². The van der Waals surface area contributed by atoms with Crippen molar-refractivity contribution in [3.63, 3.8) is 0 Å². The molecule has 0 heterocycles. The Morgan fingerprint density at radius 2 is 1.95 bits per heavy atom. The van der Waals surface area contributed by atoms with Crippen molar-refractivity contribution in [2.24, 2.45) is 0 Å². The molecule has 0 fully saturated rings. The standard InChI is InChI=1S/C16H24F2N2O2/c1-4-12(2)20(3)11-15(21)19-10-9-13-5-7-14(8-6-13)22-16(17)18/h5-8,12,16H,4,9-11H2,1-3H3,(H,19,21). The number of hydrogen-bond donors (Lipinski definition) is 1. The highest BCUT2D eigenvalue weighted by molar-refractivity contribution is 5.78. The van der Waals surface area contributed by atoms with E-state index in [1.54, 1.807) is 12.1 Å². The van der Waals surface area contributed by atoms with Crippen LogP contribution < -0.4 is 10.1 Å². The number of carbonyl (C=O) groups is 1. The third kappa shape index (κ3) is 6.85. The van der Waals surface area contributed by atoms with Crippen molar-refractivity contribution in [3.05, 3.63) is 29.8 Å². The summed E-state index contributed by atoms with van der Waals surface area (Å²) in [6.07, 6.45) is 1.64. The molecule has 22 heavy (non-hydrogen) atoms. The zero-order chi connectivity index (χ0) is 16.5. The molecule has 0 aliphatic heterocycles. The number of hydrogen-bond acceptors (Lipinski definition) is 3. The molecule has 1 N–H and O–H groups in total. The molecule has 1 rings (SSSR count). The lowest BCUT2D eigenvalue weighted by molar-refractivity contribution is -0.122. The van der Waals surface area contributed by atoms with Crippen molar-refractivity contribution >= 4 is 5.91 Å². The van der Waals surface area contributed by atoms with Crippen LogP contribution in [0.15, 0.2) is 24.3 Å². The number of benzene rings is 1. The second kappa shape index (κ2) is 9.35. The molecular weight excluding hydrogens is 290 g/mol. The summed E-state index contributed by atoms with van der Waals surface area (Å²) in [6, 6.07) is 6.80. The normalized spacial score (nSPS) is 12.5. The van der Waals surface area contributed by atoms with Gasteiger partial charge in [0.2, 0.25) is 5.91 Å². The predicted octanol–water partition coefficient (Wildman–Crippen LogP) is 2.68. The van der Waals surface area contributed by atoms with Crippen LogP contribution in [0.1, 0.15) is 25.8 Å². The van der Waals surface area contributed by atoms with Crippen LogP contribution in [0.5, 0.6) is 5.75 Å². The van der Waals surface area contributed by atoms with Gasteiger partial charge in [0.15, 0.2) is 0 Å². The molecule has 1 unspecified atom stereocenters. The van der Waals surface area contributed by atoms with Crippen LogP contribution in [0.25, 0.3) is 0 Å². The maximum Gasteiger partial charge on any atom is 0.387 e. The lowest BCUT2D eigenvalue weighted by Gasteiger charge is -2.22. The summed E-state index contributed by atoms with van der Waals surface area (Å²) in [4.78, 5) is 13.8. The molecule has 6 heteroatoms. The molecule has 1 amide bonds. The number of carbonyl (C=O) groups excluding carboxylic acids is 1. The van der Waals surface area contributed by atoms with Crippen molar-refractivity contribution in [3.8, 4) is 5.75 Å². The Bertz CT molecular complexity index is 452. The topological polar surface area (TPSA) is 41.6 Å². The average Bonchev–Trinajstić information content (AvgIpc) is 2.47. The first kappa shape index (κ1) is 18.4. The summed E-state index contributed by atoms with van der Waals surface area (Å²) in [5, 5.41) is 2.86. The smallest absolute Gasteiger partial charge is 0.387 e. The molecular formula is C16H24F2N2O2. The van der Waals surface area contributed by atoms with E-state index in [0.29, 0.717) is 25.6 Å². The second-order valence-corrected chi connectivity index (χ2v) is 5.29. The lowest BCUT2D eigenvalue weighted by atomic mass is 10.1. The monoisotopic (exact) mass is 314 g/mol. The van der Waals surface area contributed by atoms with E-state index < -0.39 is 6.61 Å². The fraction of sp³-hybridized carbons (Fsp3) is 0.562. The van der Waals surface area contributed by atoms with Crippen LogP contribution >= 0.6 is 0 Å². The van der Waals surface area contributed by atoms with Gasteiger partial charge in [-0.25, -0.2) is 0 Å². The number of nitrogens with one attached hydrogen (secondary N) is 1. The minimum absolute atomic E-state index is 0.0135. The van der Waals surface area contributed by atoms with Crippen LogP contribution in [-0.2, 0) is 11.2 Å². The van der Waals surface area contributed by atoms with E-state index >= 15 is 0 Å². The SMILES string of the molecule is CCC(C)N(C)CC(=O)NCCc1ccc(OC(F)F)cc1. The number of amides is 1. The third-order valence-electron chi connectivity index (χ3n) is 3.62. The van der Waals surface area contributed by atoms with Gasteiger partial charge < -0.3 is 10.1 Å². The van der Waals surface area contributed by atoms with Crippen molar-refractivity contribution < 1.29 is 18.3 Å². The maximum atomic E-state index is 12.0. The summed E-state index contributed by atoms with van der Waals surface area (Å²) in [5.41, 5.74) is 0.956. The largest absolute Gasteiger partial charge is 0.435 e. The van der Waals surface area contributed by atoms with Crippen LogP contribution in [0, 0.1) is 0 Å². The highest BCUT2D eigenvalue weighted by Gasteiger charge is 2.11. The zero-order valence-corrected chi connectivity index (χ0v) is 13.3. The van der Waals surface area contributed by atoms with Gasteiger partial charge in [0.05, 0.1) is 6.54 Å². The lowest BCUT2D eigenvalue weighted by Crippen LogP contribution is -2.39. The molecule has 124 valence electrons. The van der Waals surface area contributed by atoms with Crippen LogP contribution in [0.3, 0.4) is 0 Å². The molecule has 1 aromatic rings. The predicted molar refractivity (Wildman–Crippen MR) is 82.2 cm³/mol. The fourth-order valence-corrected chi connectivity index (χ4v) is 1.93. The van der Waals surface area contributed by atoms with Crippen molar-refractivity contribution in [1.82, 2.24) is 10.2 Å². The Balaban J connectivity index is 2.30. The van der Waals surface area contributed by atoms with E-state index in [2.05, 4.69) is 23.9 Å². The van der Waals surface area contributed by atoms with Gasteiger partial charge in [0.1, 0.15) is 5.75 Å². The highest BCUT2D eigenvalue weighted by Crippen LogP contribution is 2.14. The third-order valence-corrected chi connectivity index (χ3v) is 3.62. The molecule has 0 radical (unpaired) electrons. The Kier molecular flexibility index (Phi) is 7.80. The summed E-state index contributed by atoms with van der Waals surface area (Å²) in [5.74, 6) is 0.124. The summed E-state index contributed by atoms with van der Waals surface area (Å²) in [6.45, 7) is 2.24. The van der Waals surface area contributed by atoms with Gasteiger partial charge in [0.25, 0.3) is 0 Å². The van der Waals surface area contributed by atoms with E-state index in [0.717, 1.165) is 12.0 Å². The van der Waals surface area contributed by atoms with Gasteiger partial charge in [-0.3, -0.25) is 9.69 Å². The summed E-state index contributed by atoms with van der Waals surface area (Å²) >= 11 is 0. The first-order valence-corrected chi connectivity index (χ1v) is 7.43. The minimum Gasteiger partial charge on any atom is -0.435 e. The van der Waals surface area contributed by atoms with E-state index in [4.69, 9.17) is 0 Å². The van der Waals surface area contributed by atoms with E-state index in [9.17, 15) is 13.6 Å². The number of likely N-dealkylation sites (N-methyl/N-ethyl adjacent to an activating group) is 1. The number of halogens is 2. The molecule has 1 aromatic carbocycles. The fourth-order valence-electron chi connectivity index (χ4n) is 1.93. The van der Waals surface area contributed by atoms with Crippen LogP contribution in [0.2, 0.25) is 0 Å². The van der Waals surface area contributed by atoms with Gasteiger partial charge in [-0.05, 0) is 44.5 Å². The summed E-state index contributed by atoms with van der Waals surface area (Å²) in [7, 11) is 1.93. The van der Waals surface area contributed by atoms with E-state index in [1.165, 1.54) is 12.1 Å². The number of nitrogens with zero attached hydrogens (tertiary/aromatic N) is 1. The number of rotatable bonds is 9. The first-order valence-electron chi connectivity index (χ1n) is 7.43. The number of alkyl halides is 2. The number of ether oxygens (including phenoxy) is 1. The Labute approximate surface area is 130 Å². The molecule has 0 spiro atoms. The van der Waals surface area contributed by atoms with Gasteiger partial charge in [-0.15, -0.1) is 0 Å². The Morgan fingerprint density at radius 3 is 2.50 bits per heavy atom. The zero-order valence-electron chi connectivity index (χ0n) is 13.3. The minimum atomic E-state index is -2.81. The van der Waals surface area contributed by atoms with Gasteiger partial charge in [0, 0.05) is 12.6 Å². The van der Waals surface area contributed by atoms with Crippen LogP contribution in [0.4, 0.5) is 8.78 Å². The molecule has 0 bridgehead atoms. The molecule has 0 aromatic heterocycles. The van der Waals surface area contributed by atoms with Crippen molar-refractivity contribution in [2.45, 2.75) is 39.3 Å². The van der Waals surface area contributed by atoms with Crippen molar-refractivity contribution in [2.75, 3.05) is 20.1 Å². The molecule has 0 saturated carbocycles. The van der Waals surface area contributed by atoms with Gasteiger partial charge in [-0.2, -0.15) is 8.78 Å². The first-order chi connectivity index (χ1) is 10.4. The molecule has 0 saturated heterocycles. The molecule has 4 nitrogen and oxygen atoms in total. The summed E-state index contributed by atoms with van der Waals surface area (Å²) < 4.78 is 28.3.